The lowest BCUT2D eigenvalue weighted by molar-refractivity contribution is 0.122. The number of likely N-dealkylation sites (tertiary alicyclic amines) is 2. The molecule has 0 aromatic carbocycles. The molecule has 1 aromatic rings. The van der Waals surface area contributed by atoms with Gasteiger partial charge >= 0.3 is 6.03 Å². The summed E-state index contributed by atoms with van der Waals surface area (Å²) in [6.07, 6.45) is 5.97. The fraction of sp³-hybridized carbons (Fsp3) is 0.700. The van der Waals surface area contributed by atoms with Crippen LogP contribution in [-0.4, -0.2) is 90.5 Å². The number of carbonyl (C=O) groups excluding carboxylic acids is 1. The summed E-state index contributed by atoms with van der Waals surface area (Å²) in [6.45, 7) is 6.01. The van der Waals surface area contributed by atoms with Crippen LogP contribution in [0.4, 0.5) is 16.3 Å². The second-order valence-electron chi connectivity index (χ2n) is 7.90. The normalized spacial score (nSPS) is 26.0. The Balaban J connectivity index is 1.33. The highest BCUT2D eigenvalue weighted by atomic mass is 16.5. The first-order valence-electron chi connectivity index (χ1n) is 10.5. The van der Waals surface area contributed by atoms with Crippen LogP contribution in [-0.2, 0) is 4.74 Å². The van der Waals surface area contributed by atoms with E-state index >= 15 is 0 Å². The first-order chi connectivity index (χ1) is 13.7. The Hall–Kier alpha value is -1.90. The molecule has 1 aromatic heterocycles. The number of amides is 2. The molecule has 154 valence electrons. The highest BCUT2D eigenvalue weighted by Crippen LogP contribution is 2.24. The molecule has 0 aliphatic carbocycles. The number of rotatable bonds is 5. The van der Waals surface area contributed by atoms with Gasteiger partial charge in [-0.2, -0.15) is 0 Å². The minimum atomic E-state index is -0.0526. The van der Waals surface area contributed by atoms with Gasteiger partial charge in [0, 0.05) is 38.3 Å². The standard InChI is InChI=1S/C20H31N5O3/c26-15-18-4-1-7-24(18)14-17-3-2-8-25(17)20(27)22-16-5-6-19(21-13-16)23-9-11-28-12-10-23/h5-6,13,17-18,26H,1-4,7-12,14-15H2,(H,22,27)/t17-,18-/m1/s1. The number of aliphatic hydroxyl groups excluding tert-OH is 1. The number of morpholine rings is 1. The molecule has 0 radical (unpaired) electrons. The number of aliphatic hydroxyl groups is 1. The molecule has 28 heavy (non-hydrogen) atoms. The van der Waals surface area contributed by atoms with Crippen LogP contribution in [0.25, 0.3) is 0 Å². The van der Waals surface area contributed by atoms with Gasteiger partial charge in [-0.1, -0.05) is 0 Å². The maximum Gasteiger partial charge on any atom is 0.322 e. The van der Waals surface area contributed by atoms with E-state index in [9.17, 15) is 9.90 Å². The van der Waals surface area contributed by atoms with Crippen molar-refractivity contribution in [2.75, 3.05) is 62.8 Å². The molecule has 8 heteroatoms. The van der Waals surface area contributed by atoms with Gasteiger partial charge in [0.2, 0.25) is 0 Å². The lowest BCUT2D eigenvalue weighted by Crippen LogP contribution is -2.46. The third-order valence-electron chi connectivity index (χ3n) is 6.13. The van der Waals surface area contributed by atoms with Crippen molar-refractivity contribution in [1.29, 1.82) is 0 Å². The number of pyridine rings is 1. The average molecular weight is 390 g/mol. The first-order valence-corrected chi connectivity index (χ1v) is 10.5. The molecule has 3 saturated heterocycles. The van der Waals surface area contributed by atoms with E-state index < -0.39 is 0 Å². The van der Waals surface area contributed by atoms with E-state index in [0.717, 1.165) is 83.1 Å². The summed E-state index contributed by atoms with van der Waals surface area (Å²) in [4.78, 5) is 23.8. The smallest absolute Gasteiger partial charge is 0.322 e. The van der Waals surface area contributed by atoms with Crippen LogP contribution in [0.1, 0.15) is 25.7 Å². The zero-order valence-electron chi connectivity index (χ0n) is 16.4. The van der Waals surface area contributed by atoms with Gasteiger partial charge in [0.1, 0.15) is 5.82 Å². The fourth-order valence-corrected chi connectivity index (χ4v) is 4.54. The van der Waals surface area contributed by atoms with E-state index in [2.05, 4.69) is 20.1 Å². The van der Waals surface area contributed by atoms with Crippen LogP contribution < -0.4 is 10.2 Å². The summed E-state index contributed by atoms with van der Waals surface area (Å²) in [6, 6.07) is 4.29. The molecule has 4 heterocycles. The van der Waals surface area contributed by atoms with Gasteiger partial charge in [-0.25, -0.2) is 9.78 Å². The summed E-state index contributed by atoms with van der Waals surface area (Å²) >= 11 is 0. The van der Waals surface area contributed by atoms with E-state index in [1.807, 2.05) is 17.0 Å². The van der Waals surface area contributed by atoms with Crippen molar-refractivity contribution in [3.63, 3.8) is 0 Å². The van der Waals surface area contributed by atoms with Crippen molar-refractivity contribution in [2.24, 2.45) is 0 Å². The second-order valence-corrected chi connectivity index (χ2v) is 7.90. The van der Waals surface area contributed by atoms with E-state index in [4.69, 9.17) is 4.74 Å². The monoisotopic (exact) mass is 389 g/mol. The molecule has 4 rings (SSSR count). The van der Waals surface area contributed by atoms with E-state index in [-0.39, 0.29) is 24.7 Å². The number of aromatic nitrogens is 1. The van der Waals surface area contributed by atoms with E-state index in [0.29, 0.717) is 0 Å². The summed E-state index contributed by atoms with van der Waals surface area (Å²) in [7, 11) is 0. The molecule has 2 amide bonds. The molecule has 0 unspecified atom stereocenters. The molecule has 0 bridgehead atoms. The zero-order chi connectivity index (χ0) is 19.3. The minimum absolute atomic E-state index is 0.0526. The van der Waals surface area contributed by atoms with E-state index in [1.54, 1.807) is 6.20 Å². The SMILES string of the molecule is O=C(Nc1ccc(N2CCOCC2)nc1)N1CCC[C@@H]1CN1CCC[C@@H]1CO. The molecule has 0 saturated carbocycles. The molecule has 2 N–H and O–H groups in total. The Kier molecular flexibility index (Phi) is 6.29. The summed E-state index contributed by atoms with van der Waals surface area (Å²) in [5.74, 6) is 0.921. The highest BCUT2D eigenvalue weighted by Gasteiger charge is 2.33. The molecule has 3 aliphatic heterocycles. The minimum Gasteiger partial charge on any atom is -0.395 e. The van der Waals surface area contributed by atoms with Crippen LogP contribution in [0, 0.1) is 0 Å². The lowest BCUT2D eigenvalue weighted by Gasteiger charge is -2.31. The van der Waals surface area contributed by atoms with Crippen molar-refractivity contribution in [3.8, 4) is 0 Å². The Morgan fingerprint density at radius 2 is 1.93 bits per heavy atom. The van der Waals surface area contributed by atoms with Gasteiger partial charge in [0.15, 0.2) is 0 Å². The van der Waals surface area contributed by atoms with Crippen molar-refractivity contribution in [2.45, 2.75) is 37.8 Å². The van der Waals surface area contributed by atoms with Gasteiger partial charge in [-0.3, -0.25) is 4.90 Å². The Labute approximate surface area is 166 Å². The molecule has 8 nitrogen and oxygen atoms in total. The largest absolute Gasteiger partial charge is 0.395 e. The number of ether oxygens (including phenoxy) is 1. The third kappa shape index (κ3) is 4.39. The lowest BCUT2D eigenvalue weighted by atomic mass is 10.2. The quantitative estimate of drug-likeness (QED) is 0.792. The summed E-state index contributed by atoms with van der Waals surface area (Å²) < 4.78 is 5.38. The van der Waals surface area contributed by atoms with Crippen molar-refractivity contribution in [1.82, 2.24) is 14.8 Å². The molecule has 0 spiro atoms. The Morgan fingerprint density at radius 3 is 2.68 bits per heavy atom. The summed E-state index contributed by atoms with van der Waals surface area (Å²) in [5.41, 5.74) is 0.724. The molecular weight excluding hydrogens is 358 g/mol. The number of carbonyl (C=O) groups is 1. The zero-order valence-corrected chi connectivity index (χ0v) is 16.4. The maximum absolute atomic E-state index is 12.8. The molecule has 3 fully saturated rings. The fourth-order valence-electron chi connectivity index (χ4n) is 4.54. The topological polar surface area (TPSA) is 81.2 Å². The van der Waals surface area contributed by atoms with Crippen molar-refractivity contribution >= 4 is 17.5 Å². The number of hydrogen-bond donors (Lipinski definition) is 2. The maximum atomic E-state index is 12.8. The Morgan fingerprint density at radius 1 is 1.14 bits per heavy atom. The summed E-state index contributed by atoms with van der Waals surface area (Å²) in [5, 5.41) is 12.6. The predicted octanol–water partition coefficient (Wildman–Crippen LogP) is 1.37. The first kappa shape index (κ1) is 19.4. The van der Waals surface area contributed by atoms with Crippen molar-refractivity contribution < 1.29 is 14.6 Å². The van der Waals surface area contributed by atoms with Crippen molar-refractivity contribution in [3.05, 3.63) is 18.3 Å². The number of nitrogens with one attached hydrogen (secondary N) is 1. The van der Waals surface area contributed by atoms with Crippen LogP contribution in [0.2, 0.25) is 0 Å². The number of hydrogen-bond acceptors (Lipinski definition) is 6. The van der Waals surface area contributed by atoms with Gasteiger partial charge in [0.25, 0.3) is 0 Å². The third-order valence-corrected chi connectivity index (χ3v) is 6.13. The number of anilines is 2. The van der Waals surface area contributed by atoms with Gasteiger partial charge in [0.05, 0.1) is 31.7 Å². The predicted molar refractivity (Wildman–Crippen MR) is 108 cm³/mol. The van der Waals surface area contributed by atoms with Gasteiger partial charge in [-0.05, 0) is 44.4 Å². The Bertz CT molecular complexity index is 650. The van der Waals surface area contributed by atoms with Gasteiger partial charge in [-0.15, -0.1) is 0 Å². The van der Waals surface area contributed by atoms with E-state index in [1.165, 1.54) is 0 Å². The highest BCUT2D eigenvalue weighted by molar-refractivity contribution is 5.89. The molecular formula is C20H31N5O3. The van der Waals surface area contributed by atoms with Crippen LogP contribution >= 0.6 is 0 Å². The van der Waals surface area contributed by atoms with Crippen LogP contribution in [0.5, 0.6) is 0 Å². The average Bonchev–Trinajstić information content (AvgIpc) is 3.39. The number of urea groups is 1. The molecule has 3 aliphatic rings. The molecule has 2 atom stereocenters. The van der Waals surface area contributed by atoms with Gasteiger partial charge < -0.3 is 25.0 Å². The second kappa shape index (κ2) is 9.07. The van der Waals surface area contributed by atoms with Crippen LogP contribution in [0.15, 0.2) is 18.3 Å². The van der Waals surface area contributed by atoms with Crippen LogP contribution in [0.3, 0.4) is 0 Å². The number of nitrogens with zero attached hydrogens (tertiary/aromatic N) is 4.